The lowest BCUT2D eigenvalue weighted by atomic mass is 10.1. The van der Waals surface area contributed by atoms with Crippen molar-refractivity contribution in [1.29, 1.82) is 0 Å². The zero-order chi connectivity index (χ0) is 10.5. The van der Waals surface area contributed by atoms with Crippen LogP contribution < -0.4 is 5.32 Å². The second kappa shape index (κ2) is 5.28. The smallest absolute Gasteiger partial charge is 0.0700 e. The summed E-state index contributed by atoms with van der Waals surface area (Å²) in [6.07, 6.45) is 7.75. The molecule has 1 N–H and O–H groups in total. The molecular weight excluding hydrogens is 190 g/mol. The quantitative estimate of drug-likeness (QED) is 0.794. The number of rotatable bonds is 4. The highest BCUT2D eigenvalue weighted by molar-refractivity contribution is 5.03. The molecule has 1 atom stereocenters. The third-order valence-corrected chi connectivity index (χ3v) is 2.75. The van der Waals surface area contributed by atoms with Gasteiger partial charge in [-0.25, -0.2) is 0 Å². The molecule has 0 amide bonds. The van der Waals surface area contributed by atoms with E-state index in [9.17, 15) is 0 Å². The van der Waals surface area contributed by atoms with Crippen LogP contribution in [0.5, 0.6) is 0 Å². The van der Waals surface area contributed by atoms with Gasteiger partial charge >= 0.3 is 0 Å². The van der Waals surface area contributed by atoms with E-state index >= 15 is 0 Å². The van der Waals surface area contributed by atoms with Crippen LogP contribution in [-0.2, 0) is 18.2 Å². The zero-order valence-electron chi connectivity index (χ0n) is 9.28. The maximum atomic E-state index is 5.80. The first kappa shape index (κ1) is 10.6. The largest absolute Gasteiger partial charge is 0.377 e. The van der Waals surface area contributed by atoms with Gasteiger partial charge in [-0.3, -0.25) is 4.68 Å². The number of hydrogen-bond donors (Lipinski definition) is 1. The SMILES string of the molecule is Cn1cc(CCOC2CCCNC2)cn1. The van der Waals surface area contributed by atoms with E-state index in [1.165, 1.54) is 18.4 Å². The number of nitrogens with one attached hydrogen (secondary N) is 1. The van der Waals surface area contributed by atoms with Gasteiger partial charge < -0.3 is 10.1 Å². The maximum absolute atomic E-state index is 5.80. The summed E-state index contributed by atoms with van der Waals surface area (Å²) >= 11 is 0. The zero-order valence-corrected chi connectivity index (χ0v) is 9.28. The fourth-order valence-corrected chi connectivity index (χ4v) is 1.91. The highest BCUT2D eigenvalue weighted by atomic mass is 16.5. The molecule has 15 heavy (non-hydrogen) atoms. The molecule has 1 saturated heterocycles. The summed E-state index contributed by atoms with van der Waals surface area (Å²) in [5.41, 5.74) is 1.25. The van der Waals surface area contributed by atoms with E-state index in [2.05, 4.69) is 10.4 Å². The van der Waals surface area contributed by atoms with Crippen LogP contribution in [0.2, 0.25) is 0 Å². The lowest BCUT2D eigenvalue weighted by Crippen LogP contribution is -2.35. The molecule has 2 heterocycles. The first-order valence-electron chi connectivity index (χ1n) is 5.64. The first-order valence-corrected chi connectivity index (χ1v) is 5.64. The van der Waals surface area contributed by atoms with Gasteiger partial charge in [-0.2, -0.15) is 5.10 Å². The van der Waals surface area contributed by atoms with Gasteiger partial charge in [-0.15, -0.1) is 0 Å². The third kappa shape index (κ3) is 3.32. The topological polar surface area (TPSA) is 39.1 Å². The molecule has 4 nitrogen and oxygen atoms in total. The first-order chi connectivity index (χ1) is 7.34. The summed E-state index contributed by atoms with van der Waals surface area (Å²) in [6.45, 7) is 2.95. The van der Waals surface area contributed by atoms with Gasteiger partial charge in [0.05, 0.1) is 18.9 Å². The molecule has 0 aliphatic carbocycles. The molecule has 1 aromatic rings. The highest BCUT2D eigenvalue weighted by Gasteiger charge is 2.12. The van der Waals surface area contributed by atoms with Crippen LogP contribution >= 0.6 is 0 Å². The average molecular weight is 209 g/mol. The van der Waals surface area contributed by atoms with Crippen LogP contribution in [0.15, 0.2) is 12.4 Å². The van der Waals surface area contributed by atoms with E-state index in [0.29, 0.717) is 6.10 Å². The van der Waals surface area contributed by atoms with Crippen molar-refractivity contribution in [2.24, 2.45) is 7.05 Å². The number of hydrogen-bond acceptors (Lipinski definition) is 3. The summed E-state index contributed by atoms with van der Waals surface area (Å²) in [5.74, 6) is 0. The number of nitrogens with zero attached hydrogens (tertiary/aromatic N) is 2. The second-order valence-electron chi connectivity index (χ2n) is 4.11. The van der Waals surface area contributed by atoms with Gasteiger partial charge in [0.1, 0.15) is 0 Å². The minimum absolute atomic E-state index is 0.412. The van der Waals surface area contributed by atoms with E-state index in [4.69, 9.17) is 4.74 Å². The highest BCUT2D eigenvalue weighted by Crippen LogP contribution is 2.07. The fraction of sp³-hybridized carbons (Fsp3) is 0.727. The molecule has 84 valence electrons. The monoisotopic (exact) mass is 209 g/mol. The molecule has 0 aromatic carbocycles. The molecule has 1 unspecified atom stereocenters. The molecule has 0 saturated carbocycles. The van der Waals surface area contributed by atoms with E-state index < -0.39 is 0 Å². The number of ether oxygens (including phenoxy) is 1. The Morgan fingerprint density at radius 1 is 1.67 bits per heavy atom. The summed E-state index contributed by atoms with van der Waals surface area (Å²) in [4.78, 5) is 0. The molecule has 0 spiro atoms. The van der Waals surface area contributed by atoms with Gasteiger partial charge in [0.25, 0.3) is 0 Å². The number of aromatic nitrogens is 2. The van der Waals surface area contributed by atoms with Gasteiger partial charge in [0.15, 0.2) is 0 Å². The Hall–Kier alpha value is -0.870. The molecular formula is C11H19N3O. The predicted molar refractivity (Wildman–Crippen MR) is 58.8 cm³/mol. The molecule has 1 fully saturated rings. The van der Waals surface area contributed by atoms with Crippen molar-refractivity contribution in [3.63, 3.8) is 0 Å². The van der Waals surface area contributed by atoms with Crippen molar-refractivity contribution in [3.8, 4) is 0 Å². The van der Waals surface area contributed by atoms with Crippen LogP contribution in [-0.4, -0.2) is 35.6 Å². The van der Waals surface area contributed by atoms with E-state index in [0.717, 1.165) is 26.1 Å². The molecule has 1 aliphatic rings. The van der Waals surface area contributed by atoms with Crippen molar-refractivity contribution in [1.82, 2.24) is 15.1 Å². The molecule has 2 rings (SSSR count). The van der Waals surface area contributed by atoms with Crippen LogP contribution in [0.3, 0.4) is 0 Å². The van der Waals surface area contributed by atoms with E-state index in [1.54, 1.807) is 0 Å². The fourth-order valence-electron chi connectivity index (χ4n) is 1.91. The van der Waals surface area contributed by atoms with Crippen molar-refractivity contribution >= 4 is 0 Å². The Morgan fingerprint density at radius 2 is 2.60 bits per heavy atom. The normalized spacial score (nSPS) is 21.8. The standard InChI is InChI=1S/C11H19N3O/c1-14-9-10(7-13-14)4-6-15-11-3-2-5-12-8-11/h7,9,11-12H,2-6,8H2,1H3. The molecule has 1 aliphatic heterocycles. The summed E-state index contributed by atoms with van der Waals surface area (Å²) in [7, 11) is 1.94. The van der Waals surface area contributed by atoms with Gasteiger partial charge in [0, 0.05) is 19.8 Å². The van der Waals surface area contributed by atoms with Crippen molar-refractivity contribution < 1.29 is 4.74 Å². The Morgan fingerprint density at radius 3 is 3.27 bits per heavy atom. The predicted octanol–water partition coefficient (Wildman–Crippen LogP) is 0.731. The Kier molecular flexibility index (Phi) is 3.75. The van der Waals surface area contributed by atoms with E-state index in [-0.39, 0.29) is 0 Å². The minimum Gasteiger partial charge on any atom is -0.377 e. The maximum Gasteiger partial charge on any atom is 0.0700 e. The molecule has 4 heteroatoms. The Balaban J connectivity index is 1.65. The van der Waals surface area contributed by atoms with Gasteiger partial charge in [0.2, 0.25) is 0 Å². The van der Waals surface area contributed by atoms with E-state index in [1.807, 2.05) is 24.1 Å². The third-order valence-electron chi connectivity index (χ3n) is 2.75. The van der Waals surface area contributed by atoms with Gasteiger partial charge in [-0.05, 0) is 31.4 Å². The van der Waals surface area contributed by atoms with Crippen LogP contribution in [0.4, 0.5) is 0 Å². The van der Waals surface area contributed by atoms with Crippen LogP contribution in [0.25, 0.3) is 0 Å². The Labute approximate surface area is 90.6 Å². The van der Waals surface area contributed by atoms with Crippen molar-refractivity contribution in [2.45, 2.75) is 25.4 Å². The van der Waals surface area contributed by atoms with Gasteiger partial charge in [-0.1, -0.05) is 0 Å². The van der Waals surface area contributed by atoms with Crippen LogP contribution in [0.1, 0.15) is 18.4 Å². The summed E-state index contributed by atoms with van der Waals surface area (Å²) < 4.78 is 7.63. The van der Waals surface area contributed by atoms with Crippen LogP contribution in [0, 0.1) is 0 Å². The minimum atomic E-state index is 0.412. The second-order valence-corrected chi connectivity index (χ2v) is 4.11. The summed E-state index contributed by atoms with van der Waals surface area (Å²) in [5, 5.41) is 7.48. The lowest BCUT2D eigenvalue weighted by molar-refractivity contribution is 0.0390. The molecule has 1 aromatic heterocycles. The van der Waals surface area contributed by atoms with Crippen molar-refractivity contribution in [3.05, 3.63) is 18.0 Å². The van der Waals surface area contributed by atoms with Crippen molar-refractivity contribution in [2.75, 3.05) is 19.7 Å². The lowest BCUT2D eigenvalue weighted by Gasteiger charge is -2.22. The number of aryl methyl sites for hydroxylation is 1. The average Bonchev–Trinajstić information content (AvgIpc) is 2.66. The molecule has 0 bridgehead atoms. The Bertz CT molecular complexity index is 292. The summed E-state index contributed by atoms with van der Waals surface area (Å²) in [6, 6.07) is 0. The number of piperidine rings is 1. The molecule has 0 radical (unpaired) electrons.